The number of nitrogens with zero attached hydrogens (tertiary/aromatic N) is 5. The molecule has 1 atom stereocenters. The molecule has 1 fully saturated rings. The van der Waals surface area contributed by atoms with Crippen LogP contribution in [0.25, 0.3) is 11.0 Å². The van der Waals surface area contributed by atoms with Crippen molar-refractivity contribution in [3.05, 3.63) is 42.9 Å². The Bertz CT molecular complexity index is 1170. The summed E-state index contributed by atoms with van der Waals surface area (Å²) in [4.78, 5) is 14.0. The Morgan fingerprint density at radius 1 is 1.15 bits per heavy atom. The van der Waals surface area contributed by atoms with Crippen molar-refractivity contribution in [3.63, 3.8) is 0 Å². The molecule has 4 rings (SSSR count). The highest BCUT2D eigenvalue weighted by molar-refractivity contribution is 7.72. The molecule has 1 saturated heterocycles. The van der Waals surface area contributed by atoms with E-state index in [2.05, 4.69) is 52.5 Å². The maximum absolute atomic E-state index is 11.2. The smallest absolute Gasteiger partial charge is 0.168 e. The van der Waals surface area contributed by atoms with E-state index in [-0.39, 0.29) is 0 Å². The summed E-state index contributed by atoms with van der Waals surface area (Å²) in [6.07, 6.45) is 4.66. The Kier molecular flexibility index (Phi) is 7.06. The van der Waals surface area contributed by atoms with Gasteiger partial charge in [0.15, 0.2) is 10.7 Å². The molecule has 0 amide bonds. The highest BCUT2D eigenvalue weighted by atomic mass is 32.2. The van der Waals surface area contributed by atoms with Gasteiger partial charge >= 0.3 is 0 Å². The molecule has 1 aliphatic heterocycles. The fourth-order valence-electron chi connectivity index (χ4n) is 4.16. The van der Waals surface area contributed by atoms with Crippen molar-refractivity contribution < 1.29 is 13.2 Å². The molecule has 0 unspecified atom stereocenters. The Balaban J connectivity index is 1.43. The summed E-state index contributed by atoms with van der Waals surface area (Å²) in [5.41, 5.74) is 1.91. The zero-order chi connectivity index (χ0) is 23.6. The summed E-state index contributed by atoms with van der Waals surface area (Å²) in [6, 6.07) is 10.6. The van der Waals surface area contributed by atoms with E-state index in [0.29, 0.717) is 17.7 Å². The van der Waals surface area contributed by atoms with Gasteiger partial charge in [0.25, 0.3) is 0 Å². The lowest BCUT2D eigenvalue weighted by atomic mass is 10.2. The van der Waals surface area contributed by atoms with Gasteiger partial charge in [0.05, 0.1) is 10.3 Å². The first-order valence-electron chi connectivity index (χ1n) is 11.3. The SMILES string of the molecule is CN(c1ccc([SH](=O)=O)cc1)[C@@H]1CCN(c2ncnc3c2ccn3COCC[Si](C)(C)C)C1. The summed E-state index contributed by atoms with van der Waals surface area (Å²) in [5.74, 6) is 0.954. The molecule has 33 heavy (non-hydrogen) atoms. The number of aromatic nitrogens is 3. The van der Waals surface area contributed by atoms with E-state index in [1.54, 1.807) is 18.5 Å². The first-order valence-corrected chi connectivity index (χ1v) is 16.2. The van der Waals surface area contributed by atoms with Crippen LogP contribution in [0.2, 0.25) is 25.7 Å². The monoisotopic (exact) mass is 487 g/mol. The molecule has 3 aromatic rings. The second-order valence-electron chi connectivity index (χ2n) is 9.84. The molecule has 8 nitrogen and oxygen atoms in total. The van der Waals surface area contributed by atoms with Crippen molar-refractivity contribution in [1.29, 1.82) is 0 Å². The number of anilines is 2. The summed E-state index contributed by atoms with van der Waals surface area (Å²) in [7, 11) is -1.60. The number of hydrogen-bond acceptors (Lipinski definition) is 7. The molecule has 2 aromatic heterocycles. The average Bonchev–Trinajstić information content (AvgIpc) is 3.43. The van der Waals surface area contributed by atoms with Gasteiger partial charge in [-0.3, -0.25) is 0 Å². The molecule has 3 heterocycles. The summed E-state index contributed by atoms with van der Waals surface area (Å²) < 4.78 is 30.3. The van der Waals surface area contributed by atoms with Gasteiger partial charge in [0.1, 0.15) is 24.5 Å². The third-order valence-corrected chi connectivity index (χ3v) is 8.66. The number of benzene rings is 1. The zero-order valence-electron chi connectivity index (χ0n) is 19.8. The topological polar surface area (TPSA) is 80.6 Å². The van der Waals surface area contributed by atoms with Crippen LogP contribution in [0.4, 0.5) is 11.5 Å². The van der Waals surface area contributed by atoms with Crippen molar-refractivity contribution in [2.45, 2.75) is 49.8 Å². The first-order chi connectivity index (χ1) is 15.7. The van der Waals surface area contributed by atoms with Crippen molar-refractivity contribution in [2.75, 3.05) is 36.5 Å². The number of fused-ring (bicyclic) bond motifs is 1. The Hall–Kier alpha value is -2.43. The van der Waals surface area contributed by atoms with Gasteiger partial charge in [-0.05, 0) is 42.8 Å². The van der Waals surface area contributed by atoms with Crippen LogP contribution in [0.5, 0.6) is 0 Å². The molecular formula is C23H33N5O3SSi. The minimum absolute atomic E-state index is 0.314. The van der Waals surface area contributed by atoms with Crippen LogP contribution in [0.3, 0.4) is 0 Å². The molecule has 0 spiro atoms. The lowest BCUT2D eigenvalue weighted by Gasteiger charge is -2.27. The van der Waals surface area contributed by atoms with Gasteiger partial charge in [-0.1, -0.05) is 19.6 Å². The summed E-state index contributed by atoms with van der Waals surface area (Å²) in [5, 5.41) is 1.04. The molecular weight excluding hydrogens is 454 g/mol. The second-order valence-corrected chi connectivity index (χ2v) is 16.5. The normalized spacial score (nSPS) is 16.8. The molecule has 10 heteroatoms. The fourth-order valence-corrected chi connectivity index (χ4v) is 5.31. The van der Waals surface area contributed by atoms with E-state index < -0.39 is 18.8 Å². The molecule has 0 saturated carbocycles. The third kappa shape index (κ3) is 5.56. The molecule has 1 aromatic carbocycles. The van der Waals surface area contributed by atoms with Crippen LogP contribution in [0.15, 0.2) is 47.8 Å². The number of rotatable bonds is 9. The Labute approximate surface area is 198 Å². The summed E-state index contributed by atoms with van der Waals surface area (Å²) >= 11 is 0. The maximum atomic E-state index is 11.2. The molecule has 1 aliphatic rings. The Morgan fingerprint density at radius 3 is 2.61 bits per heavy atom. The molecule has 178 valence electrons. The van der Waals surface area contributed by atoms with Gasteiger partial charge in [0, 0.05) is 52.7 Å². The van der Waals surface area contributed by atoms with E-state index in [4.69, 9.17) is 4.74 Å². The standard InChI is InChI=1S/C23H33N5O3SSi/c1-26(18-5-7-20(8-6-18)32(29)30)19-9-11-27(15-19)22-21-10-12-28(23(21)25-16-24-22)17-31-13-14-33(2,3)4/h5-8,10,12,16,19,32H,9,11,13-15,17H2,1-4H3/t19-/m1/s1. The van der Waals surface area contributed by atoms with E-state index >= 15 is 0 Å². The maximum Gasteiger partial charge on any atom is 0.168 e. The number of ether oxygens (including phenoxy) is 1. The van der Waals surface area contributed by atoms with Crippen molar-refractivity contribution in [3.8, 4) is 0 Å². The minimum atomic E-state index is -2.55. The highest BCUT2D eigenvalue weighted by Crippen LogP contribution is 2.29. The quantitative estimate of drug-likeness (QED) is 0.281. The van der Waals surface area contributed by atoms with Crippen molar-refractivity contribution in [1.82, 2.24) is 14.5 Å². The number of thiol groups is 1. The van der Waals surface area contributed by atoms with E-state index in [1.807, 2.05) is 22.9 Å². The molecule has 0 aliphatic carbocycles. The largest absolute Gasteiger partial charge is 0.370 e. The fraction of sp³-hybridized carbons (Fsp3) is 0.478. The van der Waals surface area contributed by atoms with E-state index in [9.17, 15) is 8.42 Å². The predicted molar refractivity (Wildman–Crippen MR) is 136 cm³/mol. The number of likely N-dealkylation sites (N-methyl/N-ethyl adjacent to an activating group) is 1. The van der Waals surface area contributed by atoms with Gasteiger partial charge in [-0.25, -0.2) is 18.4 Å². The second kappa shape index (κ2) is 9.82. The van der Waals surface area contributed by atoms with Crippen molar-refractivity contribution >= 4 is 41.3 Å². The van der Waals surface area contributed by atoms with Gasteiger partial charge in [-0.15, -0.1) is 0 Å². The lowest BCUT2D eigenvalue weighted by molar-refractivity contribution is 0.0899. The number of hydrogen-bond donors (Lipinski definition) is 1. The zero-order valence-corrected chi connectivity index (χ0v) is 21.7. The Morgan fingerprint density at radius 2 is 1.91 bits per heavy atom. The lowest BCUT2D eigenvalue weighted by Crippen LogP contribution is -2.34. The van der Waals surface area contributed by atoms with Crippen LogP contribution in [0, 0.1) is 0 Å². The van der Waals surface area contributed by atoms with E-state index in [1.165, 1.54) is 0 Å². The molecule has 0 bridgehead atoms. The average molecular weight is 488 g/mol. The minimum Gasteiger partial charge on any atom is -0.370 e. The predicted octanol–water partition coefficient (Wildman–Crippen LogP) is 3.43. The van der Waals surface area contributed by atoms with Crippen LogP contribution in [-0.2, 0) is 22.2 Å². The van der Waals surface area contributed by atoms with Crippen LogP contribution >= 0.6 is 0 Å². The molecule has 0 radical (unpaired) electrons. The third-order valence-electron chi connectivity index (χ3n) is 6.24. The first kappa shape index (κ1) is 23.7. The van der Waals surface area contributed by atoms with Crippen molar-refractivity contribution in [2.24, 2.45) is 0 Å². The van der Waals surface area contributed by atoms with Crippen LogP contribution in [-0.4, -0.2) is 63.8 Å². The van der Waals surface area contributed by atoms with Gasteiger partial charge in [-0.2, -0.15) is 0 Å². The van der Waals surface area contributed by atoms with Crippen LogP contribution in [0.1, 0.15) is 6.42 Å². The summed E-state index contributed by atoms with van der Waals surface area (Å²) in [6.45, 7) is 10.1. The van der Waals surface area contributed by atoms with Gasteiger partial charge < -0.3 is 19.1 Å². The van der Waals surface area contributed by atoms with Gasteiger partial charge in [0.2, 0.25) is 0 Å². The van der Waals surface area contributed by atoms with Crippen LogP contribution < -0.4 is 9.80 Å². The molecule has 0 N–H and O–H groups in total. The van der Waals surface area contributed by atoms with E-state index in [0.717, 1.165) is 54.7 Å². The highest BCUT2D eigenvalue weighted by Gasteiger charge is 2.28.